The number of aromatic nitrogens is 5. The molecule has 1 amide bonds. The first-order chi connectivity index (χ1) is 15.8. The summed E-state index contributed by atoms with van der Waals surface area (Å²) in [6.45, 7) is 1.53. The molecule has 13 heteroatoms. The van der Waals surface area contributed by atoms with Crippen LogP contribution >= 0.6 is 34.3 Å². The Kier molecular flexibility index (Phi) is 5.51. The van der Waals surface area contributed by atoms with Crippen molar-refractivity contribution in [2.75, 3.05) is 25.6 Å². The van der Waals surface area contributed by atoms with Gasteiger partial charge in [-0.1, -0.05) is 22.9 Å². The lowest BCUT2D eigenvalue weighted by atomic mass is 10.0. The van der Waals surface area contributed by atoms with E-state index in [0.29, 0.717) is 27.2 Å². The SMILES string of the molecule is Cc1nn2c3c(nc2s1)C=CN(C(=O)COc1cnc(N(C)C)nc1Cl)C3c1sccc1F. The molecule has 0 aliphatic carbocycles. The molecule has 0 N–H and O–H groups in total. The van der Waals surface area contributed by atoms with E-state index in [1.54, 1.807) is 41.2 Å². The summed E-state index contributed by atoms with van der Waals surface area (Å²) in [6, 6.07) is 0.644. The zero-order chi connectivity index (χ0) is 23.3. The van der Waals surface area contributed by atoms with Gasteiger partial charge in [0.15, 0.2) is 17.5 Å². The normalized spacial score (nSPS) is 15.2. The first-order valence-corrected chi connectivity index (χ1v) is 11.8. The predicted molar refractivity (Wildman–Crippen MR) is 124 cm³/mol. The molecule has 0 aromatic carbocycles. The Balaban J connectivity index is 1.47. The van der Waals surface area contributed by atoms with Crippen molar-refractivity contribution in [3.63, 3.8) is 0 Å². The van der Waals surface area contributed by atoms with Crippen molar-refractivity contribution in [1.29, 1.82) is 0 Å². The van der Waals surface area contributed by atoms with Gasteiger partial charge in [0, 0.05) is 20.3 Å². The standard InChI is InChI=1S/C20H17ClFN7O2S2/c1-10-26-29-15-12(24-20(29)33-10)4-6-28(16(15)17-11(22)5-7-32-17)14(30)9-31-13-8-23-19(27(2)3)25-18(13)21/h4-8,16H,9H2,1-3H3. The van der Waals surface area contributed by atoms with Crippen LogP contribution in [0.4, 0.5) is 10.3 Å². The third-order valence-corrected chi connectivity index (χ3v) is 6.97. The van der Waals surface area contributed by atoms with Gasteiger partial charge in [-0.2, -0.15) is 10.1 Å². The second-order valence-electron chi connectivity index (χ2n) is 7.36. The van der Waals surface area contributed by atoms with Gasteiger partial charge >= 0.3 is 0 Å². The lowest BCUT2D eigenvalue weighted by molar-refractivity contribution is -0.132. The summed E-state index contributed by atoms with van der Waals surface area (Å²) >= 11 is 8.84. The van der Waals surface area contributed by atoms with Gasteiger partial charge in [-0.3, -0.25) is 4.79 Å². The molecule has 0 bridgehead atoms. The van der Waals surface area contributed by atoms with Crippen molar-refractivity contribution in [3.8, 4) is 5.75 Å². The molecule has 4 aromatic rings. The molecule has 1 atom stereocenters. The number of carbonyl (C=O) groups excluding carboxylic acids is 1. The summed E-state index contributed by atoms with van der Waals surface area (Å²) < 4.78 is 22.0. The minimum absolute atomic E-state index is 0.0919. The average Bonchev–Trinajstić information content (AvgIpc) is 3.45. The van der Waals surface area contributed by atoms with Gasteiger partial charge in [0.25, 0.3) is 5.91 Å². The van der Waals surface area contributed by atoms with Gasteiger partial charge in [-0.05, 0) is 24.4 Å². The van der Waals surface area contributed by atoms with Gasteiger partial charge in [0.2, 0.25) is 10.9 Å². The summed E-state index contributed by atoms with van der Waals surface area (Å²) in [6.07, 6.45) is 4.72. The molecule has 0 radical (unpaired) electrons. The molecule has 5 rings (SSSR count). The van der Waals surface area contributed by atoms with Crippen LogP contribution in [0.1, 0.15) is 27.3 Å². The van der Waals surface area contributed by atoms with Crippen molar-refractivity contribution in [3.05, 3.63) is 56.1 Å². The number of halogens is 2. The number of fused-ring (bicyclic) bond motifs is 3. The van der Waals surface area contributed by atoms with E-state index in [0.717, 1.165) is 5.01 Å². The first kappa shape index (κ1) is 21.7. The first-order valence-electron chi connectivity index (χ1n) is 9.74. The Bertz CT molecular complexity index is 1400. The van der Waals surface area contributed by atoms with Gasteiger partial charge in [-0.15, -0.1) is 11.3 Å². The maximum Gasteiger partial charge on any atom is 0.265 e. The number of thiophene rings is 1. The van der Waals surface area contributed by atoms with Crippen LogP contribution in [-0.4, -0.2) is 56.1 Å². The Morgan fingerprint density at radius 2 is 2.18 bits per heavy atom. The lowest BCUT2D eigenvalue weighted by Gasteiger charge is -2.30. The quantitative estimate of drug-likeness (QED) is 0.381. The number of aryl methyl sites for hydroxylation is 1. The summed E-state index contributed by atoms with van der Waals surface area (Å²) in [5.74, 6) is -0.202. The minimum Gasteiger partial charge on any atom is -0.479 e. The molecule has 1 aliphatic heterocycles. The second kappa shape index (κ2) is 8.36. The smallest absolute Gasteiger partial charge is 0.265 e. The van der Waals surface area contributed by atoms with E-state index in [1.807, 2.05) is 6.92 Å². The maximum absolute atomic E-state index is 14.7. The van der Waals surface area contributed by atoms with Crippen molar-refractivity contribution in [1.82, 2.24) is 29.5 Å². The van der Waals surface area contributed by atoms with E-state index in [2.05, 4.69) is 20.1 Å². The Hall–Kier alpha value is -3.09. The Morgan fingerprint density at radius 3 is 2.88 bits per heavy atom. The molecule has 4 aromatic heterocycles. The molecule has 1 aliphatic rings. The van der Waals surface area contributed by atoms with E-state index in [4.69, 9.17) is 16.3 Å². The fourth-order valence-corrected chi connectivity index (χ4v) is 5.27. The number of carbonyl (C=O) groups is 1. The topological polar surface area (TPSA) is 88.8 Å². The third-order valence-electron chi connectivity index (χ3n) is 4.93. The highest BCUT2D eigenvalue weighted by Crippen LogP contribution is 2.40. The Morgan fingerprint density at radius 1 is 1.36 bits per heavy atom. The number of anilines is 1. The van der Waals surface area contributed by atoms with Gasteiger partial charge in [-0.25, -0.2) is 18.9 Å². The summed E-state index contributed by atoms with van der Waals surface area (Å²) in [5, 5.41) is 7.07. The van der Waals surface area contributed by atoms with Crippen LogP contribution in [-0.2, 0) is 4.79 Å². The van der Waals surface area contributed by atoms with Crippen molar-refractivity contribution in [2.45, 2.75) is 13.0 Å². The molecular formula is C20H17ClFN7O2S2. The van der Waals surface area contributed by atoms with Crippen molar-refractivity contribution >= 4 is 57.2 Å². The fraction of sp³-hybridized carbons (Fsp3) is 0.250. The van der Waals surface area contributed by atoms with E-state index >= 15 is 0 Å². The molecule has 170 valence electrons. The minimum atomic E-state index is -0.736. The molecule has 0 spiro atoms. The fourth-order valence-electron chi connectivity index (χ4n) is 3.47. The number of hydrogen-bond acceptors (Lipinski definition) is 9. The zero-order valence-electron chi connectivity index (χ0n) is 17.7. The van der Waals surface area contributed by atoms with Crippen LogP contribution in [0.3, 0.4) is 0 Å². The molecule has 5 heterocycles. The summed E-state index contributed by atoms with van der Waals surface area (Å²) in [7, 11) is 3.57. The number of nitrogens with zero attached hydrogens (tertiary/aromatic N) is 7. The monoisotopic (exact) mass is 505 g/mol. The van der Waals surface area contributed by atoms with E-state index in [-0.39, 0.29) is 17.5 Å². The van der Waals surface area contributed by atoms with Crippen LogP contribution in [0.25, 0.3) is 11.0 Å². The van der Waals surface area contributed by atoms with Crippen LogP contribution in [0.5, 0.6) is 5.75 Å². The van der Waals surface area contributed by atoms with Crippen LogP contribution in [0.2, 0.25) is 5.15 Å². The molecular weight excluding hydrogens is 489 g/mol. The van der Waals surface area contributed by atoms with Gasteiger partial charge in [0.1, 0.15) is 16.9 Å². The number of hydrogen-bond donors (Lipinski definition) is 0. The van der Waals surface area contributed by atoms with E-state index in [9.17, 15) is 9.18 Å². The van der Waals surface area contributed by atoms with Crippen LogP contribution in [0, 0.1) is 12.7 Å². The third kappa shape index (κ3) is 3.83. The van der Waals surface area contributed by atoms with E-state index in [1.165, 1.54) is 39.8 Å². The number of amides is 1. The number of rotatable bonds is 5. The van der Waals surface area contributed by atoms with Gasteiger partial charge in [0.05, 0.1) is 22.5 Å². The van der Waals surface area contributed by atoms with E-state index < -0.39 is 17.8 Å². The van der Waals surface area contributed by atoms with Crippen molar-refractivity contribution < 1.29 is 13.9 Å². The second-order valence-corrected chi connectivity index (χ2v) is 9.82. The van der Waals surface area contributed by atoms with Crippen molar-refractivity contribution in [2.24, 2.45) is 0 Å². The molecule has 0 saturated heterocycles. The molecule has 0 fully saturated rings. The average molecular weight is 506 g/mol. The highest BCUT2D eigenvalue weighted by Gasteiger charge is 2.36. The Labute approximate surface area is 200 Å². The highest BCUT2D eigenvalue weighted by molar-refractivity contribution is 7.16. The zero-order valence-corrected chi connectivity index (χ0v) is 20.1. The summed E-state index contributed by atoms with van der Waals surface area (Å²) in [5.41, 5.74) is 1.27. The lowest BCUT2D eigenvalue weighted by Crippen LogP contribution is -2.37. The molecule has 1 unspecified atom stereocenters. The molecule has 9 nitrogen and oxygen atoms in total. The number of imidazole rings is 1. The van der Waals surface area contributed by atoms with Crippen LogP contribution in [0.15, 0.2) is 23.8 Å². The predicted octanol–water partition coefficient (Wildman–Crippen LogP) is 3.79. The maximum atomic E-state index is 14.7. The molecule has 33 heavy (non-hydrogen) atoms. The number of ether oxygens (including phenoxy) is 1. The van der Waals surface area contributed by atoms with Crippen LogP contribution < -0.4 is 9.64 Å². The summed E-state index contributed by atoms with van der Waals surface area (Å²) in [4.78, 5) is 30.3. The highest BCUT2D eigenvalue weighted by atomic mass is 35.5. The largest absolute Gasteiger partial charge is 0.479 e. The molecule has 0 saturated carbocycles. The van der Waals surface area contributed by atoms with Gasteiger partial charge < -0.3 is 14.5 Å².